The van der Waals surface area contributed by atoms with Crippen LogP contribution in [0.15, 0.2) is 18.2 Å². The number of amides is 1. The fourth-order valence-corrected chi connectivity index (χ4v) is 4.23. The van der Waals surface area contributed by atoms with Crippen molar-refractivity contribution in [3.63, 3.8) is 0 Å². The average molecular weight is 343 g/mol. The summed E-state index contributed by atoms with van der Waals surface area (Å²) in [5.41, 5.74) is 9.19. The highest BCUT2D eigenvalue weighted by molar-refractivity contribution is 5.70. The van der Waals surface area contributed by atoms with Crippen LogP contribution in [0.25, 0.3) is 0 Å². The maximum absolute atomic E-state index is 12.6. The minimum atomic E-state index is -0.441. The number of nitrogen functional groups attached to an aromatic ring is 1. The number of nitrogens with two attached hydrogens (primary N) is 1. The molecule has 2 bridgehead atoms. The molecule has 2 heterocycles. The van der Waals surface area contributed by atoms with Crippen molar-refractivity contribution >= 4 is 17.5 Å². The van der Waals surface area contributed by atoms with Crippen LogP contribution in [0.1, 0.15) is 57.9 Å². The fraction of sp³-hybridized carbons (Fsp3) is 0.650. The molecule has 0 radical (unpaired) electrons. The zero-order valence-corrected chi connectivity index (χ0v) is 15.5. The Kier molecular flexibility index (Phi) is 3.85. The second-order valence-electron chi connectivity index (χ2n) is 8.77. The lowest BCUT2D eigenvalue weighted by atomic mass is 10.1. The van der Waals surface area contributed by atoms with E-state index in [-0.39, 0.29) is 18.2 Å². The summed E-state index contributed by atoms with van der Waals surface area (Å²) in [5.74, 6) is 0.653. The second-order valence-corrected chi connectivity index (χ2v) is 8.77. The third-order valence-corrected chi connectivity index (χ3v) is 5.54. The fourth-order valence-electron chi connectivity index (χ4n) is 4.23. The van der Waals surface area contributed by atoms with Crippen LogP contribution in [-0.4, -0.2) is 41.8 Å². The van der Waals surface area contributed by atoms with Gasteiger partial charge in [0, 0.05) is 24.5 Å². The molecule has 1 aromatic rings. The van der Waals surface area contributed by atoms with Gasteiger partial charge in [0.25, 0.3) is 0 Å². The third kappa shape index (κ3) is 3.29. The van der Waals surface area contributed by atoms with E-state index >= 15 is 0 Å². The molecule has 2 saturated heterocycles. The Morgan fingerprint density at radius 1 is 1.12 bits per heavy atom. The van der Waals surface area contributed by atoms with Gasteiger partial charge >= 0.3 is 6.09 Å². The number of hydrogen-bond acceptors (Lipinski definition) is 4. The summed E-state index contributed by atoms with van der Waals surface area (Å²) in [6.45, 7) is 7.54. The van der Waals surface area contributed by atoms with Crippen LogP contribution in [-0.2, 0) is 4.74 Å². The highest BCUT2D eigenvalue weighted by Crippen LogP contribution is 2.44. The molecule has 0 spiro atoms. The minimum Gasteiger partial charge on any atom is -0.444 e. The molecule has 1 amide bonds. The van der Waals surface area contributed by atoms with E-state index in [1.807, 2.05) is 31.7 Å². The largest absolute Gasteiger partial charge is 0.444 e. The number of nitrogens with zero attached hydrogens (tertiary/aromatic N) is 2. The van der Waals surface area contributed by atoms with E-state index in [1.54, 1.807) is 0 Å². The van der Waals surface area contributed by atoms with Crippen LogP contribution < -0.4 is 10.6 Å². The van der Waals surface area contributed by atoms with E-state index in [2.05, 4.69) is 17.0 Å². The monoisotopic (exact) mass is 343 g/mol. The highest BCUT2D eigenvalue weighted by Gasteiger charge is 2.44. The molecule has 5 nitrogen and oxygen atoms in total. The van der Waals surface area contributed by atoms with Gasteiger partial charge in [-0.2, -0.15) is 0 Å². The summed E-state index contributed by atoms with van der Waals surface area (Å²) < 4.78 is 5.63. The normalized spacial score (nSPS) is 26.0. The number of fused-ring (bicyclic) bond motifs is 2. The van der Waals surface area contributed by atoms with Gasteiger partial charge in [-0.3, -0.25) is 4.90 Å². The standard InChI is InChI=1S/C20H29N3O2/c1-20(2,3)25-19(24)23-15-6-7-16(23)12-22(11-15)14-8-9-18(21)17(10-14)13-4-5-13/h8-10,13,15-16H,4-7,11-12,21H2,1-3H3. The van der Waals surface area contributed by atoms with Gasteiger partial charge in [0.1, 0.15) is 5.60 Å². The van der Waals surface area contributed by atoms with Crippen LogP contribution in [0.2, 0.25) is 0 Å². The molecule has 3 fully saturated rings. The molecule has 2 atom stereocenters. The van der Waals surface area contributed by atoms with Gasteiger partial charge in [0.15, 0.2) is 0 Å². The van der Waals surface area contributed by atoms with Crippen molar-refractivity contribution in [2.75, 3.05) is 23.7 Å². The molecule has 2 unspecified atom stereocenters. The summed E-state index contributed by atoms with van der Waals surface area (Å²) in [4.78, 5) is 17.0. The Morgan fingerprint density at radius 2 is 1.76 bits per heavy atom. The molecule has 4 rings (SSSR count). The number of carbonyl (C=O) groups excluding carboxylic acids is 1. The van der Waals surface area contributed by atoms with Gasteiger partial charge in [-0.25, -0.2) is 4.79 Å². The van der Waals surface area contributed by atoms with Crippen LogP contribution in [0, 0.1) is 0 Å². The Bertz CT molecular complexity index is 664. The predicted octanol–water partition coefficient (Wildman–Crippen LogP) is 3.73. The third-order valence-electron chi connectivity index (χ3n) is 5.54. The average Bonchev–Trinajstić information content (AvgIpc) is 3.31. The molecule has 1 aliphatic carbocycles. The number of hydrogen-bond donors (Lipinski definition) is 1. The Hall–Kier alpha value is -1.91. The topological polar surface area (TPSA) is 58.8 Å². The van der Waals surface area contributed by atoms with Gasteiger partial charge in [0.05, 0.1) is 12.1 Å². The van der Waals surface area contributed by atoms with E-state index in [9.17, 15) is 4.79 Å². The van der Waals surface area contributed by atoms with E-state index in [4.69, 9.17) is 10.5 Å². The van der Waals surface area contributed by atoms with Crippen molar-refractivity contribution in [1.82, 2.24) is 4.90 Å². The number of rotatable bonds is 2. The summed E-state index contributed by atoms with van der Waals surface area (Å²) in [6, 6.07) is 6.94. The van der Waals surface area contributed by atoms with E-state index in [0.717, 1.165) is 31.6 Å². The van der Waals surface area contributed by atoms with E-state index in [0.29, 0.717) is 5.92 Å². The molecule has 2 aliphatic heterocycles. The first-order valence-electron chi connectivity index (χ1n) is 9.47. The molecular weight excluding hydrogens is 314 g/mol. The first-order chi connectivity index (χ1) is 11.8. The second kappa shape index (κ2) is 5.82. The molecule has 0 aromatic heterocycles. The SMILES string of the molecule is CC(C)(C)OC(=O)N1C2CCC1CN(c1ccc(N)c(C3CC3)c1)C2. The molecule has 1 aromatic carbocycles. The molecule has 5 heteroatoms. The van der Waals surface area contributed by atoms with Crippen molar-refractivity contribution in [2.45, 2.75) is 70.1 Å². The van der Waals surface area contributed by atoms with Gasteiger partial charge in [-0.05, 0) is 76.1 Å². The van der Waals surface area contributed by atoms with E-state index in [1.165, 1.54) is 24.1 Å². The predicted molar refractivity (Wildman–Crippen MR) is 99.9 cm³/mol. The van der Waals surface area contributed by atoms with E-state index < -0.39 is 5.60 Å². The summed E-state index contributed by atoms with van der Waals surface area (Å²) >= 11 is 0. The molecular formula is C20H29N3O2. The minimum absolute atomic E-state index is 0.157. The smallest absolute Gasteiger partial charge is 0.410 e. The lowest BCUT2D eigenvalue weighted by Crippen LogP contribution is -2.56. The molecule has 1 saturated carbocycles. The van der Waals surface area contributed by atoms with Crippen molar-refractivity contribution in [3.05, 3.63) is 23.8 Å². The molecule has 136 valence electrons. The summed E-state index contributed by atoms with van der Waals surface area (Å²) in [6.07, 6.45) is 4.47. The number of carbonyl (C=O) groups is 1. The Balaban J connectivity index is 1.50. The van der Waals surface area contributed by atoms with Crippen LogP contribution >= 0.6 is 0 Å². The molecule has 2 N–H and O–H groups in total. The van der Waals surface area contributed by atoms with Crippen LogP contribution in [0.5, 0.6) is 0 Å². The van der Waals surface area contributed by atoms with Crippen LogP contribution in [0.4, 0.5) is 16.2 Å². The summed E-state index contributed by atoms with van der Waals surface area (Å²) in [7, 11) is 0. The zero-order valence-electron chi connectivity index (χ0n) is 15.5. The lowest BCUT2D eigenvalue weighted by molar-refractivity contribution is 0.0123. The first kappa shape index (κ1) is 16.6. The van der Waals surface area contributed by atoms with Crippen molar-refractivity contribution in [3.8, 4) is 0 Å². The van der Waals surface area contributed by atoms with Gasteiger partial charge in [0.2, 0.25) is 0 Å². The zero-order chi connectivity index (χ0) is 17.8. The van der Waals surface area contributed by atoms with Crippen molar-refractivity contribution in [2.24, 2.45) is 0 Å². The highest BCUT2D eigenvalue weighted by atomic mass is 16.6. The lowest BCUT2D eigenvalue weighted by Gasteiger charge is -2.42. The Labute approximate surface area is 150 Å². The van der Waals surface area contributed by atoms with Gasteiger partial charge in [-0.15, -0.1) is 0 Å². The number of ether oxygens (including phenoxy) is 1. The molecule has 25 heavy (non-hydrogen) atoms. The first-order valence-corrected chi connectivity index (χ1v) is 9.47. The maximum atomic E-state index is 12.6. The van der Waals surface area contributed by atoms with Crippen LogP contribution in [0.3, 0.4) is 0 Å². The van der Waals surface area contributed by atoms with Gasteiger partial charge < -0.3 is 15.4 Å². The molecule has 3 aliphatic rings. The van der Waals surface area contributed by atoms with Gasteiger partial charge in [-0.1, -0.05) is 0 Å². The quantitative estimate of drug-likeness (QED) is 0.831. The summed E-state index contributed by atoms with van der Waals surface area (Å²) in [5, 5.41) is 0. The Morgan fingerprint density at radius 3 is 2.32 bits per heavy atom. The number of anilines is 2. The number of piperazine rings is 1. The maximum Gasteiger partial charge on any atom is 0.410 e. The number of benzene rings is 1. The van der Waals surface area contributed by atoms with Crippen molar-refractivity contribution < 1.29 is 9.53 Å². The van der Waals surface area contributed by atoms with Crippen molar-refractivity contribution in [1.29, 1.82) is 0 Å².